The van der Waals surface area contributed by atoms with E-state index in [1.165, 1.54) is 18.4 Å². The Morgan fingerprint density at radius 1 is 1.44 bits per heavy atom. The van der Waals surface area contributed by atoms with Gasteiger partial charge in [0.25, 0.3) is 0 Å². The number of likely N-dealkylation sites (N-methyl/N-ethyl adjacent to an activating group) is 1. The van der Waals surface area contributed by atoms with Crippen molar-refractivity contribution in [3.63, 3.8) is 0 Å². The first-order chi connectivity index (χ1) is 7.73. The summed E-state index contributed by atoms with van der Waals surface area (Å²) in [6.07, 6.45) is 4.43. The molecule has 1 aliphatic carbocycles. The first-order valence-electron chi connectivity index (χ1n) is 5.72. The molecule has 3 rings (SSSR count). The van der Waals surface area contributed by atoms with Gasteiger partial charge in [-0.05, 0) is 38.4 Å². The van der Waals surface area contributed by atoms with E-state index in [4.69, 9.17) is 0 Å². The lowest BCUT2D eigenvalue weighted by molar-refractivity contribution is 0.587. The predicted octanol–water partition coefficient (Wildman–Crippen LogP) is 1.29. The van der Waals surface area contributed by atoms with Crippen LogP contribution in [0.5, 0.6) is 0 Å². The van der Waals surface area contributed by atoms with Crippen molar-refractivity contribution in [3.05, 3.63) is 29.7 Å². The van der Waals surface area contributed by atoms with Gasteiger partial charge in [0.15, 0.2) is 11.5 Å². The number of nitrogens with zero attached hydrogens (tertiary/aromatic N) is 3. The fourth-order valence-corrected chi connectivity index (χ4v) is 2.18. The molecule has 84 valence electrons. The van der Waals surface area contributed by atoms with Crippen LogP contribution in [0.1, 0.15) is 24.2 Å². The van der Waals surface area contributed by atoms with Gasteiger partial charge in [-0.25, -0.2) is 9.50 Å². The molecule has 2 heterocycles. The molecule has 2 aromatic rings. The van der Waals surface area contributed by atoms with Crippen LogP contribution in [0.25, 0.3) is 5.65 Å². The fourth-order valence-electron chi connectivity index (χ4n) is 2.18. The molecule has 4 nitrogen and oxygen atoms in total. The standard InChI is InChI=1S/C12H16N4/c1-9-3-4-10-14-11(15-16(10)7-9)12(5-6-12)8-13-2/h3-4,7,13H,5-6,8H2,1-2H3. The highest BCUT2D eigenvalue weighted by molar-refractivity contribution is 5.40. The van der Waals surface area contributed by atoms with Crippen molar-refractivity contribution in [3.8, 4) is 0 Å². The first kappa shape index (κ1) is 9.78. The molecule has 0 spiro atoms. The lowest BCUT2D eigenvalue weighted by atomic mass is 10.1. The number of pyridine rings is 1. The average molecular weight is 216 g/mol. The molecule has 0 aromatic carbocycles. The van der Waals surface area contributed by atoms with Gasteiger partial charge < -0.3 is 5.32 Å². The van der Waals surface area contributed by atoms with Crippen LogP contribution in [0.2, 0.25) is 0 Å². The number of nitrogens with one attached hydrogen (secondary N) is 1. The molecule has 0 atom stereocenters. The Morgan fingerprint density at radius 2 is 2.25 bits per heavy atom. The average Bonchev–Trinajstić information content (AvgIpc) is 2.91. The van der Waals surface area contributed by atoms with E-state index in [2.05, 4.69) is 28.4 Å². The summed E-state index contributed by atoms with van der Waals surface area (Å²) in [5.41, 5.74) is 2.36. The van der Waals surface area contributed by atoms with E-state index in [9.17, 15) is 0 Å². The van der Waals surface area contributed by atoms with E-state index >= 15 is 0 Å². The minimum absolute atomic E-state index is 0.203. The third kappa shape index (κ3) is 1.41. The molecular formula is C12H16N4. The lowest BCUT2D eigenvalue weighted by Crippen LogP contribution is -2.24. The fraction of sp³-hybridized carbons (Fsp3) is 0.500. The van der Waals surface area contributed by atoms with Crippen LogP contribution >= 0.6 is 0 Å². The van der Waals surface area contributed by atoms with Gasteiger partial charge in [0.1, 0.15) is 0 Å². The Morgan fingerprint density at radius 3 is 2.94 bits per heavy atom. The Balaban J connectivity index is 2.05. The van der Waals surface area contributed by atoms with Gasteiger partial charge in [-0.15, -0.1) is 0 Å². The number of rotatable bonds is 3. The summed E-state index contributed by atoms with van der Waals surface area (Å²) in [5, 5.41) is 7.83. The van der Waals surface area contributed by atoms with E-state index in [-0.39, 0.29) is 5.41 Å². The van der Waals surface area contributed by atoms with Gasteiger partial charge >= 0.3 is 0 Å². The van der Waals surface area contributed by atoms with Crippen LogP contribution in [0, 0.1) is 6.92 Å². The molecule has 2 aromatic heterocycles. The van der Waals surface area contributed by atoms with E-state index in [1.807, 2.05) is 23.8 Å². The van der Waals surface area contributed by atoms with Crippen molar-refractivity contribution in [2.45, 2.75) is 25.2 Å². The molecule has 0 saturated heterocycles. The van der Waals surface area contributed by atoms with Crippen LogP contribution in [-0.2, 0) is 5.41 Å². The minimum atomic E-state index is 0.203. The second kappa shape index (κ2) is 3.28. The number of aryl methyl sites for hydroxylation is 1. The highest BCUT2D eigenvalue weighted by Gasteiger charge is 2.47. The Kier molecular flexibility index (Phi) is 2.01. The summed E-state index contributed by atoms with van der Waals surface area (Å²) in [7, 11) is 1.99. The topological polar surface area (TPSA) is 42.2 Å². The van der Waals surface area contributed by atoms with Gasteiger partial charge in [-0.1, -0.05) is 6.07 Å². The third-order valence-electron chi connectivity index (χ3n) is 3.32. The van der Waals surface area contributed by atoms with Crippen LogP contribution < -0.4 is 5.32 Å². The van der Waals surface area contributed by atoms with Crippen LogP contribution in [0.4, 0.5) is 0 Å². The predicted molar refractivity (Wildman–Crippen MR) is 62.6 cm³/mol. The molecule has 0 bridgehead atoms. The van der Waals surface area contributed by atoms with Gasteiger partial charge in [0.2, 0.25) is 0 Å². The van der Waals surface area contributed by atoms with Gasteiger partial charge in [-0.2, -0.15) is 5.10 Å². The van der Waals surface area contributed by atoms with Gasteiger partial charge in [0, 0.05) is 18.2 Å². The largest absolute Gasteiger partial charge is 0.319 e. The van der Waals surface area contributed by atoms with Crippen molar-refractivity contribution >= 4 is 5.65 Å². The molecule has 16 heavy (non-hydrogen) atoms. The molecule has 4 heteroatoms. The lowest BCUT2D eigenvalue weighted by Gasteiger charge is -2.08. The maximum Gasteiger partial charge on any atom is 0.159 e. The summed E-state index contributed by atoms with van der Waals surface area (Å²) >= 11 is 0. The molecule has 0 aliphatic heterocycles. The monoisotopic (exact) mass is 216 g/mol. The van der Waals surface area contributed by atoms with Crippen LogP contribution in [0.3, 0.4) is 0 Å². The zero-order valence-electron chi connectivity index (χ0n) is 9.70. The maximum atomic E-state index is 4.62. The summed E-state index contributed by atoms with van der Waals surface area (Å²) in [5.74, 6) is 0.993. The van der Waals surface area contributed by atoms with Gasteiger partial charge in [-0.3, -0.25) is 0 Å². The van der Waals surface area contributed by atoms with Crippen LogP contribution in [0.15, 0.2) is 18.3 Å². The molecule has 0 unspecified atom stereocenters. The van der Waals surface area contributed by atoms with E-state index in [0.717, 1.165) is 18.0 Å². The molecule has 1 fully saturated rings. The normalized spacial score (nSPS) is 17.9. The molecule has 1 aliphatic rings. The van der Waals surface area contributed by atoms with Crippen molar-refractivity contribution in [1.29, 1.82) is 0 Å². The smallest absolute Gasteiger partial charge is 0.159 e. The summed E-state index contributed by atoms with van der Waals surface area (Å²) in [4.78, 5) is 4.62. The SMILES string of the molecule is CNCC1(c2nc3ccc(C)cn3n2)CC1. The summed E-state index contributed by atoms with van der Waals surface area (Å²) < 4.78 is 1.89. The zero-order valence-corrected chi connectivity index (χ0v) is 9.70. The van der Waals surface area contributed by atoms with E-state index in [0.29, 0.717) is 0 Å². The second-order valence-electron chi connectivity index (χ2n) is 4.76. The highest BCUT2D eigenvalue weighted by atomic mass is 15.3. The number of aromatic nitrogens is 3. The summed E-state index contributed by atoms with van der Waals surface area (Å²) in [6.45, 7) is 3.05. The van der Waals surface area contributed by atoms with Crippen molar-refractivity contribution < 1.29 is 0 Å². The second-order valence-corrected chi connectivity index (χ2v) is 4.76. The Hall–Kier alpha value is -1.42. The molecule has 1 N–H and O–H groups in total. The molecule has 0 amide bonds. The number of fused-ring (bicyclic) bond motifs is 1. The maximum absolute atomic E-state index is 4.62. The van der Waals surface area contributed by atoms with Crippen LogP contribution in [-0.4, -0.2) is 28.2 Å². The minimum Gasteiger partial charge on any atom is -0.319 e. The van der Waals surface area contributed by atoms with Crippen molar-refractivity contribution in [2.24, 2.45) is 0 Å². The molecule has 1 saturated carbocycles. The quantitative estimate of drug-likeness (QED) is 0.840. The third-order valence-corrected chi connectivity index (χ3v) is 3.32. The molecule has 0 radical (unpaired) electrons. The van der Waals surface area contributed by atoms with E-state index in [1.54, 1.807) is 0 Å². The van der Waals surface area contributed by atoms with E-state index < -0.39 is 0 Å². The first-order valence-corrected chi connectivity index (χ1v) is 5.72. The number of hydrogen-bond donors (Lipinski definition) is 1. The van der Waals surface area contributed by atoms with Crippen molar-refractivity contribution in [2.75, 3.05) is 13.6 Å². The zero-order chi connectivity index (χ0) is 11.2. The van der Waals surface area contributed by atoms with Gasteiger partial charge in [0.05, 0.1) is 0 Å². The van der Waals surface area contributed by atoms with Crippen molar-refractivity contribution in [1.82, 2.24) is 19.9 Å². The summed E-state index contributed by atoms with van der Waals surface area (Å²) in [6, 6.07) is 4.10. The highest BCUT2D eigenvalue weighted by Crippen LogP contribution is 2.46. The Bertz CT molecular complexity index is 525. The molecular weight excluding hydrogens is 200 g/mol. The number of hydrogen-bond acceptors (Lipinski definition) is 3. The Labute approximate surface area is 94.7 Å².